The number of aromatic nitrogens is 4. The van der Waals surface area contributed by atoms with Gasteiger partial charge in [0.1, 0.15) is 0 Å². The number of nitrogens with one attached hydrogen (secondary N) is 1. The summed E-state index contributed by atoms with van der Waals surface area (Å²) in [5.41, 5.74) is 1.20. The minimum absolute atomic E-state index is 0.201. The number of para-hydroxylation sites is 1. The molecule has 0 aliphatic heterocycles. The van der Waals surface area contributed by atoms with Gasteiger partial charge in [-0.1, -0.05) is 29.3 Å². The molecule has 0 saturated carbocycles. The monoisotopic (exact) mass is 462 g/mol. The van der Waals surface area contributed by atoms with Gasteiger partial charge < -0.3 is 15.0 Å². The van der Waals surface area contributed by atoms with Gasteiger partial charge in [0.2, 0.25) is 11.8 Å². The summed E-state index contributed by atoms with van der Waals surface area (Å²) >= 11 is 12.1. The molecule has 0 bridgehead atoms. The Morgan fingerprint density at radius 1 is 1.16 bits per heavy atom. The molecule has 2 heterocycles. The maximum Gasteiger partial charge on any atom is 0.257 e. The van der Waals surface area contributed by atoms with E-state index in [0.29, 0.717) is 45.3 Å². The van der Waals surface area contributed by atoms with E-state index in [4.69, 9.17) is 27.9 Å². The zero-order valence-corrected chi connectivity index (χ0v) is 18.6. The van der Waals surface area contributed by atoms with E-state index in [1.807, 2.05) is 6.92 Å². The second-order valence-electron chi connectivity index (χ2n) is 6.52. The van der Waals surface area contributed by atoms with E-state index < -0.39 is 5.91 Å². The first-order valence-electron chi connectivity index (χ1n) is 9.32. The molecule has 0 fully saturated rings. The average Bonchev–Trinajstić information content (AvgIpc) is 3.12. The Hall–Kier alpha value is -3.17. The Morgan fingerprint density at radius 2 is 1.87 bits per heavy atom. The Morgan fingerprint density at radius 3 is 2.48 bits per heavy atom. The Labute approximate surface area is 188 Å². The summed E-state index contributed by atoms with van der Waals surface area (Å²) in [7, 11) is 1.52. The molecular formula is C20H20Cl2N6O3. The molecule has 0 aliphatic carbocycles. The van der Waals surface area contributed by atoms with Crippen LogP contribution in [0.25, 0.3) is 5.82 Å². The van der Waals surface area contributed by atoms with Crippen molar-refractivity contribution >= 4 is 40.7 Å². The minimum Gasteiger partial charge on any atom is -0.477 e. The number of nitrogens with zero attached hydrogens (tertiary/aromatic N) is 5. The van der Waals surface area contributed by atoms with Crippen molar-refractivity contribution in [3.63, 3.8) is 0 Å². The third-order valence-electron chi connectivity index (χ3n) is 4.33. The van der Waals surface area contributed by atoms with Gasteiger partial charge in [-0.3, -0.25) is 9.59 Å². The minimum atomic E-state index is -0.437. The van der Waals surface area contributed by atoms with Gasteiger partial charge in [-0.2, -0.15) is 5.10 Å². The van der Waals surface area contributed by atoms with Crippen LogP contribution in [-0.4, -0.2) is 56.9 Å². The molecule has 0 unspecified atom stereocenters. The number of anilines is 1. The van der Waals surface area contributed by atoms with Gasteiger partial charge in [0.25, 0.3) is 5.91 Å². The van der Waals surface area contributed by atoms with Crippen molar-refractivity contribution < 1.29 is 14.3 Å². The summed E-state index contributed by atoms with van der Waals surface area (Å²) in [6.07, 6.45) is 1.43. The zero-order valence-electron chi connectivity index (χ0n) is 17.1. The lowest BCUT2D eigenvalue weighted by Crippen LogP contribution is -2.35. The Kier molecular flexibility index (Phi) is 7.09. The van der Waals surface area contributed by atoms with E-state index in [1.54, 1.807) is 37.3 Å². The van der Waals surface area contributed by atoms with Crippen LogP contribution in [0.3, 0.4) is 0 Å². The lowest BCUT2D eigenvalue weighted by atomic mass is 10.2. The van der Waals surface area contributed by atoms with Gasteiger partial charge in [-0.25, -0.2) is 4.68 Å². The van der Waals surface area contributed by atoms with Crippen LogP contribution in [0, 0.1) is 6.92 Å². The van der Waals surface area contributed by atoms with E-state index in [0.717, 1.165) is 0 Å². The van der Waals surface area contributed by atoms with Crippen LogP contribution < -0.4 is 10.1 Å². The standard InChI is InChI=1S/C20H20Cl2N6O3/c1-4-31-18-9-8-16(25-26-18)28-12(2)13(10-23-28)20(30)27(3)11-17(29)24-19-14(21)6-5-7-15(19)22/h5-10H,4,11H2,1-3H3,(H,24,29). The topological polar surface area (TPSA) is 102 Å². The van der Waals surface area contributed by atoms with Crippen LogP contribution in [0.5, 0.6) is 5.88 Å². The molecule has 0 atom stereocenters. The van der Waals surface area contributed by atoms with Crippen molar-refractivity contribution in [2.24, 2.45) is 0 Å². The van der Waals surface area contributed by atoms with Gasteiger partial charge in [0, 0.05) is 13.1 Å². The van der Waals surface area contributed by atoms with Crippen molar-refractivity contribution in [3.8, 4) is 11.7 Å². The lowest BCUT2D eigenvalue weighted by molar-refractivity contribution is -0.116. The van der Waals surface area contributed by atoms with Crippen LogP contribution in [0.15, 0.2) is 36.5 Å². The Bertz CT molecular complexity index is 1080. The largest absolute Gasteiger partial charge is 0.477 e. The SMILES string of the molecule is CCOc1ccc(-n2ncc(C(=O)N(C)CC(=O)Nc3c(Cl)cccc3Cl)c2C)nn1. The highest BCUT2D eigenvalue weighted by atomic mass is 35.5. The quantitative estimate of drug-likeness (QED) is 0.577. The van der Waals surface area contributed by atoms with Gasteiger partial charge in [0.05, 0.1) is 46.3 Å². The van der Waals surface area contributed by atoms with Crippen molar-refractivity contribution in [3.05, 3.63) is 57.8 Å². The first-order valence-corrected chi connectivity index (χ1v) is 10.1. The molecule has 2 amide bonds. The number of benzene rings is 1. The average molecular weight is 463 g/mol. The number of amides is 2. The molecule has 9 nitrogen and oxygen atoms in total. The van der Waals surface area contributed by atoms with Crippen LogP contribution in [0.4, 0.5) is 5.69 Å². The number of rotatable bonds is 7. The molecule has 1 aromatic carbocycles. The molecule has 2 aromatic heterocycles. The fourth-order valence-corrected chi connectivity index (χ4v) is 3.28. The number of carbonyl (C=O) groups is 2. The number of ether oxygens (including phenoxy) is 1. The third-order valence-corrected chi connectivity index (χ3v) is 4.96. The predicted octanol–water partition coefficient (Wildman–Crippen LogP) is 3.39. The maximum atomic E-state index is 12.9. The first kappa shape index (κ1) is 22.5. The molecule has 0 aliphatic rings. The normalized spacial score (nSPS) is 10.6. The van der Waals surface area contributed by atoms with Crippen molar-refractivity contribution in [1.29, 1.82) is 0 Å². The fraction of sp³-hybridized carbons (Fsp3) is 0.250. The molecule has 11 heteroatoms. The van der Waals surface area contributed by atoms with Gasteiger partial charge in [0.15, 0.2) is 5.82 Å². The third kappa shape index (κ3) is 5.12. The highest BCUT2D eigenvalue weighted by Crippen LogP contribution is 2.29. The summed E-state index contributed by atoms with van der Waals surface area (Å²) in [5, 5.41) is 15.5. The van der Waals surface area contributed by atoms with Crippen molar-refractivity contribution in [1.82, 2.24) is 24.9 Å². The summed E-state index contributed by atoms with van der Waals surface area (Å²) < 4.78 is 6.77. The predicted molar refractivity (Wildman–Crippen MR) is 117 cm³/mol. The second-order valence-corrected chi connectivity index (χ2v) is 7.34. The molecule has 1 N–H and O–H groups in total. The Balaban J connectivity index is 1.70. The molecule has 0 radical (unpaired) electrons. The molecule has 0 saturated heterocycles. The molecule has 162 valence electrons. The summed E-state index contributed by atoms with van der Waals surface area (Å²) in [6, 6.07) is 8.26. The van der Waals surface area contributed by atoms with E-state index in [1.165, 1.54) is 22.8 Å². The maximum absolute atomic E-state index is 12.9. The summed E-state index contributed by atoms with van der Waals surface area (Å²) in [6.45, 7) is 3.87. The van der Waals surface area contributed by atoms with E-state index in [-0.39, 0.29) is 12.5 Å². The summed E-state index contributed by atoms with van der Waals surface area (Å²) in [4.78, 5) is 26.5. The second kappa shape index (κ2) is 9.76. The van der Waals surface area contributed by atoms with Gasteiger partial charge in [-0.15, -0.1) is 10.2 Å². The van der Waals surface area contributed by atoms with E-state index in [9.17, 15) is 9.59 Å². The molecular weight excluding hydrogens is 443 g/mol. The highest BCUT2D eigenvalue weighted by molar-refractivity contribution is 6.39. The number of hydrogen-bond acceptors (Lipinski definition) is 6. The molecule has 3 aromatic rings. The van der Waals surface area contributed by atoms with Crippen molar-refractivity contribution in [2.75, 3.05) is 25.5 Å². The first-order chi connectivity index (χ1) is 14.8. The van der Waals surface area contributed by atoms with Crippen molar-refractivity contribution in [2.45, 2.75) is 13.8 Å². The van der Waals surface area contributed by atoms with Crippen LogP contribution in [0.1, 0.15) is 23.0 Å². The van der Waals surface area contributed by atoms with Crippen LogP contribution in [-0.2, 0) is 4.79 Å². The highest BCUT2D eigenvalue weighted by Gasteiger charge is 2.21. The number of likely N-dealkylation sites (N-methyl/N-ethyl adjacent to an activating group) is 1. The fourth-order valence-electron chi connectivity index (χ4n) is 2.79. The zero-order chi connectivity index (χ0) is 22.5. The van der Waals surface area contributed by atoms with Gasteiger partial charge >= 0.3 is 0 Å². The lowest BCUT2D eigenvalue weighted by Gasteiger charge is -2.17. The number of hydrogen-bond donors (Lipinski definition) is 1. The molecule has 0 spiro atoms. The number of halogens is 2. The summed E-state index contributed by atoms with van der Waals surface area (Å²) in [5.74, 6) is 0.0295. The smallest absolute Gasteiger partial charge is 0.257 e. The van der Waals surface area contributed by atoms with Gasteiger partial charge in [-0.05, 0) is 32.0 Å². The van der Waals surface area contributed by atoms with E-state index in [2.05, 4.69) is 20.6 Å². The van der Waals surface area contributed by atoms with E-state index >= 15 is 0 Å². The van der Waals surface area contributed by atoms with Crippen LogP contribution >= 0.6 is 23.2 Å². The molecule has 31 heavy (non-hydrogen) atoms. The molecule has 3 rings (SSSR count). The number of carbonyl (C=O) groups excluding carboxylic acids is 2. The van der Waals surface area contributed by atoms with Crippen LogP contribution in [0.2, 0.25) is 10.0 Å².